The lowest BCUT2D eigenvalue weighted by Crippen LogP contribution is -2.36. The number of aliphatic hydroxyl groups excluding tert-OH is 1. The minimum absolute atomic E-state index is 0.160. The highest BCUT2D eigenvalue weighted by Crippen LogP contribution is 2.46. The zero-order valence-corrected chi connectivity index (χ0v) is 19.3. The van der Waals surface area contributed by atoms with Crippen LogP contribution in [0.5, 0.6) is 0 Å². The molecule has 1 atom stereocenters. The Hall–Kier alpha value is -1.59. The van der Waals surface area contributed by atoms with Gasteiger partial charge in [-0.2, -0.15) is 5.11 Å². The van der Waals surface area contributed by atoms with E-state index < -0.39 is 0 Å². The van der Waals surface area contributed by atoms with Crippen LogP contribution in [-0.4, -0.2) is 48.5 Å². The number of hydrogen-bond donors (Lipinski definition) is 2. The highest BCUT2D eigenvalue weighted by atomic mass is 16.2. The standard InChI is InChI=1S/C25H40N4O/c1-24(2)11-12-25(3,4)22-17-19(7-8-21(22)24)23(28-26)18-27-20-9-14-29(15-10-20)13-5-6-16-30/h7-8,17-18,20,23,26,30H,5-6,9-16H2,1-4H3. The Kier molecular flexibility index (Phi) is 7.46. The molecule has 1 aliphatic carbocycles. The third-order valence-corrected chi connectivity index (χ3v) is 7.24. The fraction of sp³-hybridized carbons (Fsp3) is 0.720. The molecule has 0 aromatic heterocycles. The first-order valence-corrected chi connectivity index (χ1v) is 11.6. The van der Waals surface area contributed by atoms with Crippen molar-refractivity contribution in [2.24, 2.45) is 10.1 Å². The van der Waals surface area contributed by atoms with Gasteiger partial charge in [0.15, 0.2) is 0 Å². The molecular formula is C25H40N4O. The highest BCUT2D eigenvalue weighted by Gasteiger charge is 2.37. The summed E-state index contributed by atoms with van der Waals surface area (Å²) in [4.78, 5) is 7.31. The van der Waals surface area contributed by atoms with E-state index in [1.54, 1.807) is 0 Å². The Morgan fingerprint density at radius 1 is 1.10 bits per heavy atom. The molecule has 1 aliphatic heterocycles. The molecule has 1 heterocycles. The molecule has 0 amide bonds. The normalized spacial score (nSPS) is 22.7. The molecule has 166 valence electrons. The van der Waals surface area contributed by atoms with Crippen molar-refractivity contribution < 1.29 is 5.11 Å². The van der Waals surface area contributed by atoms with Gasteiger partial charge in [-0.1, -0.05) is 45.9 Å². The Labute approximate surface area is 182 Å². The number of rotatable bonds is 8. The Morgan fingerprint density at radius 2 is 1.77 bits per heavy atom. The smallest absolute Gasteiger partial charge is 0.130 e. The van der Waals surface area contributed by atoms with Gasteiger partial charge in [0.05, 0.1) is 6.04 Å². The molecule has 1 unspecified atom stereocenters. The molecule has 1 aromatic rings. The second-order valence-corrected chi connectivity index (χ2v) is 10.4. The number of unbranched alkanes of at least 4 members (excludes halogenated alkanes) is 1. The van der Waals surface area contributed by atoms with Gasteiger partial charge in [-0.25, -0.2) is 5.53 Å². The maximum Gasteiger partial charge on any atom is 0.130 e. The van der Waals surface area contributed by atoms with Gasteiger partial charge < -0.3 is 10.0 Å². The fourth-order valence-corrected chi connectivity index (χ4v) is 4.93. The number of nitrogens with zero attached hydrogens (tertiary/aromatic N) is 3. The molecule has 1 saturated heterocycles. The highest BCUT2D eigenvalue weighted by molar-refractivity contribution is 5.68. The monoisotopic (exact) mass is 412 g/mol. The number of aliphatic hydroxyl groups is 1. The van der Waals surface area contributed by atoms with Gasteiger partial charge in [0.25, 0.3) is 0 Å². The molecule has 30 heavy (non-hydrogen) atoms. The molecule has 0 spiro atoms. The summed E-state index contributed by atoms with van der Waals surface area (Å²) in [5, 5.41) is 12.8. The van der Waals surface area contributed by atoms with Crippen molar-refractivity contribution in [1.82, 2.24) is 4.90 Å². The summed E-state index contributed by atoms with van der Waals surface area (Å²) in [5.74, 6) is 0. The van der Waals surface area contributed by atoms with Crippen LogP contribution in [0.3, 0.4) is 0 Å². The summed E-state index contributed by atoms with van der Waals surface area (Å²) in [6, 6.07) is 6.74. The molecule has 3 rings (SSSR count). The Morgan fingerprint density at radius 3 is 2.40 bits per heavy atom. The van der Waals surface area contributed by atoms with Crippen molar-refractivity contribution in [3.05, 3.63) is 34.9 Å². The maximum absolute atomic E-state index is 8.93. The molecular weight excluding hydrogens is 372 g/mol. The fourth-order valence-electron chi connectivity index (χ4n) is 4.93. The summed E-state index contributed by atoms with van der Waals surface area (Å²) >= 11 is 0. The van der Waals surface area contributed by atoms with Crippen LogP contribution in [0.25, 0.3) is 0 Å². The van der Waals surface area contributed by atoms with Crippen molar-refractivity contribution in [3.63, 3.8) is 0 Å². The van der Waals surface area contributed by atoms with Crippen LogP contribution >= 0.6 is 0 Å². The van der Waals surface area contributed by atoms with E-state index in [9.17, 15) is 0 Å². The van der Waals surface area contributed by atoms with Crippen LogP contribution in [0.4, 0.5) is 0 Å². The number of piperidine rings is 1. The number of benzene rings is 1. The quantitative estimate of drug-likeness (QED) is 0.340. The maximum atomic E-state index is 8.93. The van der Waals surface area contributed by atoms with Crippen LogP contribution in [0.1, 0.15) is 89.0 Å². The van der Waals surface area contributed by atoms with Crippen LogP contribution in [0.15, 0.2) is 28.3 Å². The summed E-state index contributed by atoms with van der Waals surface area (Å²) in [5.41, 5.74) is 12.1. The minimum atomic E-state index is -0.293. The van der Waals surface area contributed by atoms with Gasteiger partial charge in [0, 0.05) is 25.9 Å². The second kappa shape index (κ2) is 9.69. The van der Waals surface area contributed by atoms with E-state index in [2.05, 4.69) is 55.9 Å². The topological polar surface area (TPSA) is 72.0 Å². The van der Waals surface area contributed by atoms with E-state index in [4.69, 9.17) is 15.6 Å². The van der Waals surface area contributed by atoms with E-state index >= 15 is 0 Å². The molecule has 2 aliphatic rings. The van der Waals surface area contributed by atoms with E-state index in [-0.39, 0.29) is 23.5 Å². The molecule has 5 nitrogen and oxygen atoms in total. The van der Waals surface area contributed by atoms with Gasteiger partial charge in [-0.15, -0.1) is 0 Å². The molecule has 1 aromatic carbocycles. The van der Waals surface area contributed by atoms with Gasteiger partial charge in [0.2, 0.25) is 0 Å². The van der Waals surface area contributed by atoms with Crippen LogP contribution in [0.2, 0.25) is 0 Å². The van der Waals surface area contributed by atoms with Gasteiger partial charge in [-0.05, 0) is 72.6 Å². The van der Waals surface area contributed by atoms with E-state index in [1.807, 2.05) is 6.21 Å². The van der Waals surface area contributed by atoms with Crippen molar-refractivity contribution in [3.8, 4) is 0 Å². The largest absolute Gasteiger partial charge is 0.396 e. The lowest BCUT2D eigenvalue weighted by Gasteiger charge is -2.42. The average Bonchev–Trinajstić information content (AvgIpc) is 2.73. The summed E-state index contributed by atoms with van der Waals surface area (Å²) < 4.78 is 0. The first kappa shape index (κ1) is 23.1. The molecule has 0 saturated carbocycles. The third-order valence-electron chi connectivity index (χ3n) is 7.24. The SMILES string of the molecule is CC1(C)CCC(C)(C)c2cc(C(C=NC3CCN(CCCCO)CC3)N=N)ccc21. The van der Waals surface area contributed by atoms with E-state index in [1.165, 1.54) is 24.0 Å². The van der Waals surface area contributed by atoms with E-state index in [0.29, 0.717) is 6.04 Å². The zero-order chi connectivity index (χ0) is 21.8. The van der Waals surface area contributed by atoms with Crippen molar-refractivity contribution in [2.75, 3.05) is 26.2 Å². The van der Waals surface area contributed by atoms with Crippen LogP contribution < -0.4 is 0 Å². The lowest BCUT2D eigenvalue weighted by atomic mass is 9.63. The van der Waals surface area contributed by atoms with Gasteiger partial charge >= 0.3 is 0 Å². The predicted octanol–water partition coefficient (Wildman–Crippen LogP) is 5.42. The van der Waals surface area contributed by atoms with Crippen LogP contribution in [0, 0.1) is 5.53 Å². The molecule has 5 heteroatoms. The lowest BCUT2D eigenvalue weighted by molar-refractivity contribution is 0.201. The summed E-state index contributed by atoms with van der Waals surface area (Å²) in [7, 11) is 0. The summed E-state index contributed by atoms with van der Waals surface area (Å²) in [6.07, 6.45) is 8.37. The van der Waals surface area contributed by atoms with Crippen LogP contribution in [-0.2, 0) is 10.8 Å². The van der Waals surface area contributed by atoms with Crippen molar-refractivity contribution in [1.29, 1.82) is 5.53 Å². The second-order valence-electron chi connectivity index (χ2n) is 10.4. The molecule has 0 bridgehead atoms. The first-order chi connectivity index (χ1) is 14.3. The minimum Gasteiger partial charge on any atom is -0.396 e. The van der Waals surface area contributed by atoms with Crippen molar-refractivity contribution in [2.45, 2.75) is 89.1 Å². The summed E-state index contributed by atoms with van der Waals surface area (Å²) in [6.45, 7) is 12.8. The Balaban J connectivity index is 1.66. The molecule has 2 N–H and O–H groups in total. The number of aliphatic imine (C=N–C) groups is 1. The Bertz CT molecular complexity index is 748. The average molecular weight is 413 g/mol. The number of nitrogens with one attached hydrogen (secondary N) is 1. The van der Waals surface area contributed by atoms with Gasteiger partial charge in [0.1, 0.15) is 6.04 Å². The van der Waals surface area contributed by atoms with Crippen molar-refractivity contribution >= 4 is 6.21 Å². The number of fused-ring (bicyclic) bond motifs is 1. The number of hydrogen-bond acceptors (Lipinski definition) is 5. The van der Waals surface area contributed by atoms with Gasteiger partial charge in [-0.3, -0.25) is 4.99 Å². The predicted molar refractivity (Wildman–Crippen MR) is 124 cm³/mol. The molecule has 1 fully saturated rings. The first-order valence-electron chi connectivity index (χ1n) is 11.6. The zero-order valence-electron chi connectivity index (χ0n) is 19.3. The number of likely N-dealkylation sites (tertiary alicyclic amines) is 1. The molecule has 0 radical (unpaired) electrons. The van der Waals surface area contributed by atoms with E-state index in [0.717, 1.165) is 50.9 Å². The third kappa shape index (κ3) is 5.36.